The zero-order valence-electron chi connectivity index (χ0n) is 13.5. The molecule has 0 fully saturated rings. The van der Waals surface area contributed by atoms with Crippen molar-refractivity contribution < 1.29 is 0 Å². The van der Waals surface area contributed by atoms with Crippen LogP contribution in [0, 0.1) is 6.92 Å². The second-order valence-electron chi connectivity index (χ2n) is 7.20. The van der Waals surface area contributed by atoms with Gasteiger partial charge in [0.05, 0.1) is 0 Å². The maximum absolute atomic E-state index is 4.59. The number of rotatable bonds is 1. The average Bonchev–Trinajstić information content (AvgIpc) is 2.46. The summed E-state index contributed by atoms with van der Waals surface area (Å²) in [5.74, 6) is 1.49. The van der Waals surface area contributed by atoms with Crippen molar-refractivity contribution in [1.82, 2.24) is 9.97 Å². The molecule has 0 radical (unpaired) electrons. The Bertz CT molecular complexity index is 653. The number of hydrogen-bond donors (Lipinski definition) is 0. The molecule has 0 aliphatic heterocycles. The molecule has 0 N–H and O–H groups in total. The van der Waals surface area contributed by atoms with Crippen molar-refractivity contribution in [1.29, 1.82) is 0 Å². The first kappa shape index (κ1) is 14.2. The van der Waals surface area contributed by atoms with E-state index in [2.05, 4.69) is 55.0 Å². The summed E-state index contributed by atoms with van der Waals surface area (Å²) >= 11 is 0. The van der Waals surface area contributed by atoms with E-state index in [0.717, 1.165) is 18.7 Å². The highest BCUT2D eigenvalue weighted by Crippen LogP contribution is 2.33. The molecule has 1 aromatic heterocycles. The molecule has 110 valence electrons. The Kier molecular flexibility index (Phi) is 3.56. The van der Waals surface area contributed by atoms with Crippen molar-refractivity contribution in [2.75, 3.05) is 0 Å². The highest BCUT2D eigenvalue weighted by atomic mass is 14.9. The van der Waals surface area contributed by atoms with Gasteiger partial charge in [-0.1, -0.05) is 45.0 Å². The lowest BCUT2D eigenvalue weighted by molar-refractivity contribution is 0.560. The van der Waals surface area contributed by atoms with Crippen LogP contribution in [0.15, 0.2) is 30.5 Å². The Balaban J connectivity index is 1.88. The van der Waals surface area contributed by atoms with Crippen LogP contribution in [-0.4, -0.2) is 9.97 Å². The van der Waals surface area contributed by atoms with E-state index in [9.17, 15) is 0 Å². The van der Waals surface area contributed by atoms with Gasteiger partial charge in [-0.25, -0.2) is 9.97 Å². The van der Waals surface area contributed by atoms with E-state index < -0.39 is 0 Å². The number of aryl methyl sites for hydroxylation is 2. The lowest BCUT2D eigenvalue weighted by Crippen LogP contribution is -2.17. The van der Waals surface area contributed by atoms with Crippen LogP contribution in [0.25, 0.3) is 0 Å². The van der Waals surface area contributed by atoms with Crippen LogP contribution in [-0.2, 0) is 18.3 Å². The first-order chi connectivity index (χ1) is 9.93. The van der Waals surface area contributed by atoms with E-state index in [1.165, 1.54) is 28.8 Å². The summed E-state index contributed by atoms with van der Waals surface area (Å²) in [5, 5.41) is 0. The maximum atomic E-state index is 4.59. The molecule has 2 heteroatoms. The van der Waals surface area contributed by atoms with Crippen molar-refractivity contribution in [2.45, 2.75) is 58.3 Å². The van der Waals surface area contributed by atoms with Crippen molar-refractivity contribution in [3.8, 4) is 0 Å². The Morgan fingerprint density at radius 2 is 2.00 bits per heavy atom. The van der Waals surface area contributed by atoms with Crippen LogP contribution >= 0.6 is 0 Å². The summed E-state index contributed by atoms with van der Waals surface area (Å²) in [6.45, 7) is 8.80. The topological polar surface area (TPSA) is 25.8 Å². The third-order valence-corrected chi connectivity index (χ3v) is 4.49. The molecule has 2 nitrogen and oxygen atoms in total. The van der Waals surface area contributed by atoms with E-state index in [4.69, 9.17) is 0 Å². The van der Waals surface area contributed by atoms with Gasteiger partial charge in [-0.2, -0.15) is 0 Å². The molecule has 2 aromatic rings. The summed E-state index contributed by atoms with van der Waals surface area (Å²) in [7, 11) is 0. The van der Waals surface area contributed by atoms with Crippen LogP contribution in [0.4, 0.5) is 0 Å². The second-order valence-corrected chi connectivity index (χ2v) is 7.20. The van der Waals surface area contributed by atoms with Gasteiger partial charge in [0.15, 0.2) is 0 Å². The molecule has 1 aliphatic carbocycles. The molecule has 1 unspecified atom stereocenters. The maximum Gasteiger partial charge on any atom is 0.125 e. The lowest BCUT2D eigenvalue weighted by Gasteiger charge is -2.26. The molecule has 0 spiro atoms. The minimum absolute atomic E-state index is 0.211. The molecule has 0 amide bonds. The summed E-state index contributed by atoms with van der Waals surface area (Å²) in [4.78, 5) is 8.95. The minimum Gasteiger partial charge on any atom is -0.241 e. The Labute approximate surface area is 127 Å². The fraction of sp³-hybridized carbons (Fsp3) is 0.474. The van der Waals surface area contributed by atoms with E-state index in [1.54, 1.807) is 0 Å². The average molecular weight is 280 g/mol. The largest absolute Gasteiger partial charge is 0.241 e. The number of aromatic nitrogens is 2. The van der Waals surface area contributed by atoms with Gasteiger partial charge in [-0.15, -0.1) is 0 Å². The van der Waals surface area contributed by atoms with Gasteiger partial charge in [-0.05, 0) is 54.2 Å². The molecular weight excluding hydrogens is 256 g/mol. The first-order valence-corrected chi connectivity index (χ1v) is 7.85. The van der Waals surface area contributed by atoms with Crippen molar-refractivity contribution in [2.24, 2.45) is 0 Å². The Morgan fingerprint density at radius 1 is 1.19 bits per heavy atom. The SMILES string of the molecule is Cc1ncc2c(n1)CCC(c1cccc(C(C)(C)C)c1)C2. The van der Waals surface area contributed by atoms with Gasteiger partial charge in [0, 0.05) is 11.9 Å². The number of nitrogens with zero attached hydrogens (tertiary/aromatic N) is 2. The van der Waals surface area contributed by atoms with Gasteiger partial charge >= 0.3 is 0 Å². The summed E-state index contributed by atoms with van der Waals surface area (Å²) in [5.41, 5.74) is 5.69. The zero-order chi connectivity index (χ0) is 15.0. The standard InChI is InChI=1S/C19H24N2/c1-13-20-12-16-10-15(8-9-18(16)21-13)14-6-5-7-17(11-14)19(2,3)4/h5-7,11-12,15H,8-10H2,1-4H3. The predicted molar refractivity (Wildman–Crippen MR) is 86.7 cm³/mol. The van der Waals surface area contributed by atoms with Crippen LogP contribution in [0.2, 0.25) is 0 Å². The minimum atomic E-state index is 0.211. The molecule has 1 aliphatic rings. The fourth-order valence-corrected chi connectivity index (χ4v) is 3.15. The van der Waals surface area contributed by atoms with E-state index in [-0.39, 0.29) is 5.41 Å². The van der Waals surface area contributed by atoms with Gasteiger partial charge in [-0.3, -0.25) is 0 Å². The Hall–Kier alpha value is -1.70. The molecule has 0 bridgehead atoms. The van der Waals surface area contributed by atoms with Crippen molar-refractivity contribution >= 4 is 0 Å². The summed E-state index contributed by atoms with van der Waals surface area (Å²) in [6.07, 6.45) is 5.36. The number of hydrogen-bond acceptors (Lipinski definition) is 2. The van der Waals surface area contributed by atoms with Gasteiger partial charge in [0.1, 0.15) is 5.82 Å². The van der Waals surface area contributed by atoms with Gasteiger partial charge < -0.3 is 0 Å². The van der Waals surface area contributed by atoms with Crippen LogP contribution in [0.1, 0.15) is 61.3 Å². The lowest BCUT2D eigenvalue weighted by atomic mass is 9.79. The third kappa shape index (κ3) is 2.99. The summed E-state index contributed by atoms with van der Waals surface area (Å²) in [6, 6.07) is 9.12. The fourth-order valence-electron chi connectivity index (χ4n) is 3.15. The van der Waals surface area contributed by atoms with Gasteiger partial charge in [0.25, 0.3) is 0 Å². The molecule has 1 heterocycles. The smallest absolute Gasteiger partial charge is 0.125 e. The van der Waals surface area contributed by atoms with E-state index in [0.29, 0.717) is 5.92 Å². The molecular formula is C19H24N2. The van der Waals surface area contributed by atoms with Crippen LogP contribution < -0.4 is 0 Å². The van der Waals surface area contributed by atoms with Crippen LogP contribution in [0.3, 0.4) is 0 Å². The van der Waals surface area contributed by atoms with Crippen LogP contribution in [0.5, 0.6) is 0 Å². The molecule has 3 rings (SSSR count). The highest BCUT2D eigenvalue weighted by molar-refractivity contribution is 5.34. The third-order valence-electron chi connectivity index (χ3n) is 4.49. The molecule has 21 heavy (non-hydrogen) atoms. The van der Waals surface area contributed by atoms with E-state index >= 15 is 0 Å². The van der Waals surface area contributed by atoms with E-state index in [1.807, 2.05) is 13.1 Å². The van der Waals surface area contributed by atoms with Gasteiger partial charge in [0.2, 0.25) is 0 Å². The summed E-state index contributed by atoms with van der Waals surface area (Å²) < 4.78 is 0. The van der Waals surface area contributed by atoms with Crippen molar-refractivity contribution in [3.05, 3.63) is 58.7 Å². The van der Waals surface area contributed by atoms with Crippen molar-refractivity contribution in [3.63, 3.8) is 0 Å². The highest BCUT2D eigenvalue weighted by Gasteiger charge is 2.23. The monoisotopic (exact) mass is 280 g/mol. The molecule has 1 atom stereocenters. The first-order valence-electron chi connectivity index (χ1n) is 7.85. The molecule has 1 aromatic carbocycles. The number of benzene rings is 1. The molecule has 0 saturated carbocycles. The zero-order valence-corrected chi connectivity index (χ0v) is 13.5. The predicted octanol–water partition coefficient (Wildman–Crippen LogP) is 4.36. The quantitative estimate of drug-likeness (QED) is 0.776. The second kappa shape index (κ2) is 5.25. The number of fused-ring (bicyclic) bond motifs is 1. The Morgan fingerprint density at radius 3 is 2.76 bits per heavy atom. The molecule has 0 saturated heterocycles. The normalized spacial score (nSPS) is 18.4.